The highest BCUT2D eigenvalue weighted by molar-refractivity contribution is 5.92. The lowest BCUT2D eigenvalue weighted by Gasteiger charge is -2.28. The Morgan fingerprint density at radius 2 is 2.15 bits per heavy atom. The van der Waals surface area contributed by atoms with Crippen molar-refractivity contribution in [3.05, 3.63) is 23.8 Å². The molecule has 5 heteroatoms. The summed E-state index contributed by atoms with van der Waals surface area (Å²) in [5, 5.41) is 12.1. The molecule has 1 aromatic heterocycles. The molecule has 108 valence electrons. The number of rotatable bonds is 5. The van der Waals surface area contributed by atoms with E-state index in [1.807, 2.05) is 0 Å². The summed E-state index contributed by atoms with van der Waals surface area (Å²) in [5.74, 6) is -0.447. The number of aromatic carboxylic acids is 1. The van der Waals surface area contributed by atoms with Crippen LogP contribution in [0.4, 0.5) is 6.01 Å². The van der Waals surface area contributed by atoms with Crippen LogP contribution in [0.3, 0.4) is 0 Å². The maximum absolute atomic E-state index is 10.9. The number of benzene rings is 1. The molecule has 2 N–H and O–H groups in total. The van der Waals surface area contributed by atoms with Gasteiger partial charge in [-0.25, -0.2) is 4.79 Å². The minimum atomic E-state index is -0.973. The van der Waals surface area contributed by atoms with Crippen LogP contribution in [0.1, 0.15) is 38.1 Å². The van der Waals surface area contributed by atoms with Crippen LogP contribution < -0.4 is 5.32 Å². The van der Waals surface area contributed by atoms with Crippen molar-refractivity contribution in [1.82, 2.24) is 4.98 Å². The van der Waals surface area contributed by atoms with Crippen LogP contribution in [0.25, 0.3) is 11.1 Å². The van der Waals surface area contributed by atoms with Crippen molar-refractivity contribution in [2.24, 2.45) is 11.3 Å². The molecule has 1 heterocycles. The van der Waals surface area contributed by atoms with Crippen LogP contribution >= 0.6 is 0 Å². The molecule has 0 amide bonds. The number of carboxylic acids is 1. The Hall–Kier alpha value is -2.04. The van der Waals surface area contributed by atoms with E-state index >= 15 is 0 Å². The number of hydrogen-bond acceptors (Lipinski definition) is 4. The fraction of sp³-hybridized carbons (Fsp3) is 0.467. The molecule has 20 heavy (non-hydrogen) atoms. The van der Waals surface area contributed by atoms with Gasteiger partial charge in [-0.05, 0) is 29.5 Å². The molecule has 0 aliphatic heterocycles. The summed E-state index contributed by atoms with van der Waals surface area (Å²) >= 11 is 0. The van der Waals surface area contributed by atoms with Crippen LogP contribution in [0, 0.1) is 11.3 Å². The molecule has 1 aromatic carbocycles. The second-order valence-electron chi connectivity index (χ2n) is 6.00. The van der Waals surface area contributed by atoms with Crippen molar-refractivity contribution in [2.45, 2.75) is 27.7 Å². The normalized spacial score (nSPS) is 12.1. The van der Waals surface area contributed by atoms with E-state index in [4.69, 9.17) is 9.52 Å². The van der Waals surface area contributed by atoms with Crippen molar-refractivity contribution in [3.63, 3.8) is 0 Å². The number of aromatic nitrogens is 1. The highest BCUT2D eigenvalue weighted by Crippen LogP contribution is 2.27. The Bertz CT molecular complexity index is 629. The van der Waals surface area contributed by atoms with Gasteiger partial charge < -0.3 is 14.8 Å². The van der Waals surface area contributed by atoms with E-state index in [-0.39, 0.29) is 11.0 Å². The number of fused-ring (bicyclic) bond motifs is 1. The second kappa shape index (κ2) is 5.15. The monoisotopic (exact) mass is 276 g/mol. The highest BCUT2D eigenvalue weighted by Gasteiger charge is 2.22. The van der Waals surface area contributed by atoms with Crippen molar-refractivity contribution in [3.8, 4) is 0 Å². The largest absolute Gasteiger partial charge is 0.478 e. The predicted molar refractivity (Wildman–Crippen MR) is 78.1 cm³/mol. The molecule has 0 spiro atoms. The van der Waals surface area contributed by atoms with Crippen molar-refractivity contribution in [1.29, 1.82) is 0 Å². The lowest BCUT2D eigenvalue weighted by atomic mass is 9.81. The summed E-state index contributed by atoms with van der Waals surface area (Å²) in [5.41, 5.74) is 1.45. The summed E-state index contributed by atoms with van der Waals surface area (Å²) < 4.78 is 5.55. The first-order valence-electron chi connectivity index (χ1n) is 6.67. The molecule has 0 saturated heterocycles. The number of anilines is 1. The number of carbonyl (C=O) groups is 1. The number of nitrogens with one attached hydrogen (secondary N) is 1. The van der Waals surface area contributed by atoms with Gasteiger partial charge >= 0.3 is 5.97 Å². The molecule has 0 fully saturated rings. The van der Waals surface area contributed by atoms with Crippen LogP contribution in [0.15, 0.2) is 22.6 Å². The van der Waals surface area contributed by atoms with E-state index in [9.17, 15) is 4.79 Å². The van der Waals surface area contributed by atoms with Crippen molar-refractivity contribution in [2.75, 3.05) is 11.9 Å². The summed E-state index contributed by atoms with van der Waals surface area (Å²) in [7, 11) is 0. The molecule has 0 saturated carbocycles. The van der Waals surface area contributed by atoms with Crippen LogP contribution in [-0.2, 0) is 0 Å². The molecule has 0 atom stereocenters. The second-order valence-corrected chi connectivity index (χ2v) is 6.00. The quantitative estimate of drug-likeness (QED) is 0.872. The third-order valence-corrected chi connectivity index (χ3v) is 3.89. The predicted octanol–water partition coefficient (Wildman–Crippen LogP) is 3.62. The lowest BCUT2D eigenvalue weighted by Crippen LogP contribution is -2.28. The SMILES string of the molecule is CC(C)C(C)(C)CNc1nc2ccc(C(=O)O)cc2o1. The van der Waals surface area contributed by atoms with Crippen molar-refractivity contribution >= 4 is 23.1 Å². The maximum atomic E-state index is 10.9. The Balaban J connectivity index is 2.18. The molecular weight excluding hydrogens is 256 g/mol. The van der Waals surface area contributed by atoms with E-state index < -0.39 is 5.97 Å². The van der Waals surface area contributed by atoms with Crippen molar-refractivity contribution < 1.29 is 14.3 Å². The van der Waals surface area contributed by atoms with Crippen LogP contribution in [-0.4, -0.2) is 22.6 Å². The van der Waals surface area contributed by atoms with Gasteiger partial charge in [-0.3, -0.25) is 0 Å². The zero-order valence-corrected chi connectivity index (χ0v) is 12.2. The maximum Gasteiger partial charge on any atom is 0.335 e. The number of hydrogen-bond donors (Lipinski definition) is 2. The van der Waals surface area contributed by atoms with E-state index in [1.54, 1.807) is 6.07 Å². The summed E-state index contributed by atoms with van der Waals surface area (Å²) in [6, 6.07) is 5.09. The third kappa shape index (κ3) is 2.92. The van der Waals surface area contributed by atoms with E-state index in [1.165, 1.54) is 12.1 Å². The first kappa shape index (κ1) is 14.4. The van der Waals surface area contributed by atoms with Gasteiger partial charge in [0.1, 0.15) is 5.52 Å². The molecule has 0 aliphatic rings. The molecule has 0 aliphatic carbocycles. The van der Waals surface area contributed by atoms with Gasteiger partial charge in [-0.15, -0.1) is 0 Å². The summed E-state index contributed by atoms with van der Waals surface area (Å²) in [6.45, 7) is 9.44. The first-order chi connectivity index (χ1) is 9.29. The smallest absolute Gasteiger partial charge is 0.335 e. The molecule has 2 aromatic rings. The number of carboxylic acid groups (broad SMARTS) is 1. The third-order valence-electron chi connectivity index (χ3n) is 3.89. The van der Waals surface area contributed by atoms with Gasteiger partial charge in [0, 0.05) is 6.54 Å². The molecule has 0 bridgehead atoms. The average molecular weight is 276 g/mol. The van der Waals surface area contributed by atoms with E-state index in [0.29, 0.717) is 23.0 Å². The Kier molecular flexibility index (Phi) is 3.70. The Morgan fingerprint density at radius 1 is 1.45 bits per heavy atom. The molecule has 2 rings (SSSR count). The standard InChI is InChI=1S/C15H20N2O3/c1-9(2)15(3,4)8-16-14-17-11-6-5-10(13(18)19)7-12(11)20-14/h5-7,9H,8H2,1-4H3,(H,16,17)(H,18,19). The van der Waals surface area contributed by atoms with Crippen LogP contribution in [0.5, 0.6) is 0 Å². The fourth-order valence-electron chi connectivity index (χ4n) is 1.64. The zero-order valence-electron chi connectivity index (χ0n) is 12.2. The average Bonchev–Trinajstić information content (AvgIpc) is 2.77. The first-order valence-corrected chi connectivity index (χ1v) is 6.67. The van der Waals surface area contributed by atoms with Gasteiger partial charge in [0.15, 0.2) is 5.58 Å². The number of nitrogens with zero attached hydrogens (tertiary/aromatic N) is 1. The van der Waals surface area contributed by atoms with E-state index in [0.717, 1.165) is 6.54 Å². The minimum absolute atomic E-state index is 0.118. The minimum Gasteiger partial charge on any atom is -0.478 e. The summed E-state index contributed by atoms with van der Waals surface area (Å²) in [4.78, 5) is 15.2. The molecule has 0 radical (unpaired) electrons. The molecule has 5 nitrogen and oxygen atoms in total. The highest BCUT2D eigenvalue weighted by atomic mass is 16.4. The van der Waals surface area contributed by atoms with Gasteiger partial charge in [0.2, 0.25) is 0 Å². The topological polar surface area (TPSA) is 75.4 Å². The van der Waals surface area contributed by atoms with Crippen LogP contribution in [0.2, 0.25) is 0 Å². The molecular formula is C15H20N2O3. The summed E-state index contributed by atoms with van der Waals surface area (Å²) in [6.07, 6.45) is 0. The van der Waals surface area contributed by atoms with Gasteiger partial charge in [0.05, 0.1) is 5.56 Å². The van der Waals surface area contributed by atoms with Gasteiger partial charge in [-0.1, -0.05) is 27.7 Å². The van der Waals surface area contributed by atoms with Gasteiger partial charge in [0.25, 0.3) is 6.01 Å². The number of oxazole rings is 1. The van der Waals surface area contributed by atoms with Gasteiger partial charge in [-0.2, -0.15) is 4.98 Å². The fourth-order valence-corrected chi connectivity index (χ4v) is 1.64. The molecule has 0 unspecified atom stereocenters. The zero-order chi connectivity index (χ0) is 14.9. The Morgan fingerprint density at radius 3 is 2.75 bits per heavy atom. The van der Waals surface area contributed by atoms with E-state index in [2.05, 4.69) is 38.0 Å². The lowest BCUT2D eigenvalue weighted by molar-refractivity contribution is 0.0697. The Labute approximate surface area is 118 Å².